The molecule has 0 aliphatic carbocycles. The van der Waals surface area contributed by atoms with Gasteiger partial charge in [0.25, 0.3) is 17.7 Å². The van der Waals surface area contributed by atoms with Crippen molar-refractivity contribution in [1.29, 1.82) is 0 Å². The molecule has 5 amide bonds. The third-order valence-electron chi connectivity index (χ3n) is 7.23. The highest BCUT2D eigenvalue weighted by atomic mass is 19.4. The van der Waals surface area contributed by atoms with Gasteiger partial charge in [-0.3, -0.25) is 24.4 Å². The van der Waals surface area contributed by atoms with E-state index < -0.39 is 48.0 Å². The minimum atomic E-state index is -4.85. The molecular formula is C34H41F3N8O7. The number of benzene rings is 2. The predicted octanol–water partition coefficient (Wildman–Crippen LogP) is 4.46. The van der Waals surface area contributed by atoms with E-state index in [2.05, 4.69) is 41.3 Å². The minimum Gasteiger partial charge on any atom is -0.450 e. The Kier molecular flexibility index (Phi) is 15.0. The SMILES string of the molecule is CCOC(=O)NCc1ccc(C(=O)Nc2cc(NC(=O)c3cc(CNC(C)C)ccc3C(=O)NCCCCC(=O)NO)nc(C)n2)cc1C(F)(F)F. The van der Waals surface area contributed by atoms with Crippen LogP contribution in [0.4, 0.5) is 29.6 Å². The van der Waals surface area contributed by atoms with Gasteiger partial charge in [-0.25, -0.2) is 20.2 Å². The van der Waals surface area contributed by atoms with Crippen molar-refractivity contribution in [3.8, 4) is 0 Å². The first-order chi connectivity index (χ1) is 24.6. The number of halogens is 3. The van der Waals surface area contributed by atoms with Gasteiger partial charge in [0.1, 0.15) is 17.5 Å². The summed E-state index contributed by atoms with van der Waals surface area (Å²) in [5.41, 5.74) is 0.536. The van der Waals surface area contributed by atoms with Crippen molar-refractivity contribution in [2.45, 2.75) is 72.3 Å². The lowest BCUT2D eigenvalue weighted by atomic mass is 10.0. The average Bonchev–Trinajstić information content (AvgIpc) is 3.08. The molecule has 3 aromatic rings. The number of amides is 5. The van der Waals surface area contributed by atoms with Gasteiger partial charge in [-0.15, -0.1) is 0 Å². The second kappa shape index (κ2) is 19.1. The molecule has 1 aromatic heterocycles. The minimum absolute atomic E-state index is 0.0132. The molecule has 7 N–H and O–H groups in total. The largest absolute Gasteiger partial charge is 0.450 e. The van der Waals surface area contributed by atoms with Crippen LogP contribution < -0.4 is 32.1 Å². The van der Waals surface area contributed by atoms with E-state index in [4.69, 9.17) is 5.21 Å². The summed E-state index contributed by atoms with van der Waals surface area (Å²) in [7, 11) is 0. The predicted molar refractivity (Wildman–Crippen MR) is 183 cm³/mol. The number of nitrogens with one attached hydrogen (secondary N) is 6. The lowest BCUT2D eigenvalue weighted by Crippen LogP contribution is -2.28. The van der Waals surface area contributed by atoms with Gasteiger partial charge in [0.15, 0.2) is 0 Å². The highest BCUT2D eigenvalue weighted by Gasteiger charge is 2.34. The van der Waals surface area contributed by atoms with E-state index in [0.29, 0.717) is 31.0 Å². The molecule has 0 unspecified atom stereocenters. The van der Waals surface area contributed by atoms with Gasteiger partial charge in [0.2, 0.25) is 5.91 Å². The third kappa shape index (κ3) is 12.6. The third-order valence-corrected chi connectivity index (χ3v) is 7.23. The second-order valence-electron chi connectivity index (χ2n) is 11.7. The number of unbranched alkanes of at least 4 members (excludes halogenated alkanes) is 1. The highest BCUT2D eigenvalue weighted by molar-refractivity contribution is 6.12. The van der Waals surface area contributed by atoms with Crippen molar-refractivity contribution >= 4 is 41.4 Å². The molecule has 0 atom stereocenters. The zero-order valence-electron chi connectivity index (χ0n) is 29.0. The Morgan fingerprint density at radius 1 is 0.846 bits per heavy atom. The number of carbonyl (C=O) groups is 5. The molecule has 0 saturated carbocycles. The topological polar surface area (TPSA) is 213 Å². The maximum absolute atomic E-state index is 13.9. The van der Waals surface area contributed by atoms with Crippen molar-refractivity contribution < 1.29 is 47.1 Å². The van der Waals surface area contributed by atoms with Gasteiger partial charge in [-0.2, -0.15) is 13.2 Å². The molecule has 0 radical (unpaired) electrons. The van der Waals surface area contributed by atoms with Crippen LogP contribution in [0.25, 0.3) is 0 Å². The van der Waals surface area contributed by atoms with Crippen LogP contribution in [0.2, 0.25) is 0 Å². The number of hydrogen-bond acceptors (Lipinski definition) is 10. The quantitative estimate of drug-likeness (QED) is 0.0625. The second-order valence-corrected chi connectivity index (χ2v) is 11.7. The van der Waals surface area contributed by atoms with E-state index in [9.17, 15) is 37.1 Å². The molecular weight excluding hydrogens is 689 g/mol. The van der Waals surface area contributed by atoms with E-state index in [1.165, 1.54) is 24.5 Å². The molecule has 0 bridgehead atoms. The smallest absolute Gasteiger partial charge is 0.416 e. The van der Waals surface area contributed by atoms with Gasteiger partial charge in [0, 0.05) is 43.7 Å². The van der Waals surface area contributed by atoms with Gasteiger partial charge in [-0.05, 0) is 62.1 Å². The Hall–Kier alpha value is -5.62. The van der Waals surface area contributed by atoms with Crippen molar-refractivity contribution in [1.82, 2.24) is 31.4 Å². The fourth-order valence-electron chi connectivity index (χ4n) is 4.73. The van der Waals surface area contributed by atoms with Gasteiger partial charge in [0.05, 0.1) is 23.3 Å². The van der Waals surface area contributed by atoms with Crippen molar-refractivity contribution in [3.05, 3.63) is 81.7 Å². The van der Waals surface area contributed by atoms with Gasteiger partial charge < -0.3 is 31.3 Å². The lowest BCUT2D eigenvalue weighted by Gasteiger charge is -2.15. The Bertz CT molecular complexity index is 1770. The molecule has 0 fully saturated rings. The Labute approximate surface area is 297 Å². The van der Waals surface area contributed by atoms with Gasteiger partial charge in [-0.1, -0.05) is 26.0 Å². The summed E-state index contributed by atoms with van der Waals surface area (Å²) in [6.45, 7) is 7.05. The Morgan fingerprint density at radius 2 is 1.54 bits per heavy atom. The molecule has 0 aliphatic heterocycles. The summed E-state index contributed by atoms with van der Waals surface area (Å²) in [6.07, 6.45) is -4.85. The van der Waals surface area contributed by atoms with E-state index >= 15 is 0 Å². The van der Waals surface area contributed by atoms with E-state index in [0.717, 1.165) is 12.1 Å². The van der Waals surface area contributed by atoms with Crippen LogP contribution in [0.3, 0.4) is 0 Å². The summed E-state index contributed by atoms with van der Waals surface area (Å²) in [5.74, 6) is -2.84. The highest BCUT2D eigenvalue weighted by Crippen LogP contribution is 2.33. The van der Waals surface area contributed by atoms with E-state index in [-0.39, 0.29) is 65.3 Å². The van der Waals surface area contributed by atoms with Gasteiger partial charge >= 0.3 is 12.3 Å². The maximum atomic E-state index is 13.9. The number of nitrogens with zero attached hydrogens (tertiary/aromatic N) is 2. The zero-order chi connectivity index (χ0) is 38.4. The molecule has 15 nitrogen and oxygen atoms in total. The number of alkyl carbamates (subject to hydrolysis) is 1. The molecule has 0 saturated heterocycles. The first-order valence-electron chi connectivity index (χ1n) is 16.3. The van der Waals surface area contributed by atoms with Crippen LogP contribution in [0.1, 0.15) is 93.6 Å². The van der Waals surface area contributed by atoms with Crippen LogP contribution in [0.15, 0.2) is 42.5 Å². The number of ether oxygens (including phenoxy) is 1. The van der Waals surface area contributed by atoms with Crippen molar-refractivity contribution in [3.63, 3.8) is 0 Å². The monoisotopic (exact) mass is 730 g/mol. The fourth-order valence-corrected chi connectivity index (χ4v) is 4.73. The zero-order valence-corrected chi connectivity index (χ0v) is 29.0. The van der Waals surface area contributed by atoms with Crippen molar-refractivity contribution in [2.24, 2.45) is 0 Å². The first kappa shape index (κ1) is 40.8. The maximum Gasteiger partial charge on any atom is 0.416 e. The van der Waals surface area contributed by atoms with Crippen LogP contribution in [0, 0.1) is 6.92 Å². The van der Waals surface area contributed by atoms with E-state index in [1.807, 2.05) is 13.8 Å². The van der Waals surface area contributed by atoms with E-state index in [1.54, 1.807) is 19.1 Å². The van der Waals surface area contributed by atoms with Crippen LogP contribution in [0.5, 0.6) is 0 Å². The molecule has 1 heterocycles. The fraction of sp³-hybridized carbons (Fsp3) is 0.382. The lowest BCUT2D eigenvalue weighted by molar-refractivity contribution is -0.138. The molecule has 18 heteroatoms. The number of hydrogen-bond donors (Lipinski definition) is 7. The van der Waals surface area contributed by atoms with Crippen molar-refractivity contribution in [2.75, 3.05) is 23.8 Å². The van der Waals surface area contributed by atoms with Crippen LogP contribution in [-0.2, 0) is 28.8 Å². The number of alkyl halides is 3. The summed E-state index contributed by atoms with van der Waals surface area (Å²) < 4.78 is 46.3. The normalized spacial score (nSPS) is 11.1. The summed E-state index contributed by atoms with van der Waals surface area (Å²) in [6, 6.07) is 8.96. The number of aryl methyl sites for hydroxylation is 1. The number of carbonyl (C=O) groups excluding carboxylic acids is 5. The Morgan fingerprint density at radius 3 is 2.17 bits per heavy atom. The molecule has 280 valence electrons. The molecule has 0 aliphatic rings. The van der Waals surface area contributed by atoms with Crippen LogP contribution >= 0.6 is 0 Å². The Balaban J connectivity index is 1.81. The molecule has 52 heavy (non-hydrogen) atoms. The average molecular weight is 731 g/mol. The number of anilines is 2. The molecule has 2 aromatic carbocycles. The first-order valence-corrected chi connectivity index (χ1v) is 16.3. The number of hydroxylamine groups is 1. The number of aromatic nitrogens is 2. The molecule has 0 spiro atoms. The molecule has 3 rings (SSSR count). The standard InChI is InChI=1S/C34H41F3N8O7/c1-5-52-33(50)40-18-23-11-10-22(15-26(23)34(35,36)37)30(47)43-27-16-28(42-20(4)41-27)44-32(49)25-14-21(17-39-19(2)3)9-12-24(25)31(48)38-13-7-6-8-29(46)45-51/h9-12,14-16,19,39,51H,5-8,13,17-18H2,1-4H3,(H,38,48)(H,40,50)(H,45,46)(H2,41,42,43,44,47,49). The summed E-state index contributed by atoms with van der Waals surface area (Å²) in [5, 5.41) is 21.8. The van der Waals surface area contributed by atoms with Crippen LogP contribution in [-0.4, -0.2) is 64.1 Å². The summed E-state index contributed by atoms with van der Waals surface area (Å²) in [4.78, 5) is 70.9. The number of rotatable bonds is 16. The summed E-state index contributed by atoms with van der Waals surface area (Å²) >= 11 is 0.